The first-order valence-electron chi connectivity index (χ1n) is 6.98. The predicted molar refractivity (Wildman–Crippen MR) is 80.3 cm³/mol. The van der Waals surface area contributed by atoms with E-state index < -0.39 is 0 Å². The Hall–Kier alpha value is -1.52. The number of nitrogen functional groups attached to an aromatic ring is 1. The van der Waals surface area contributed by atoms with Gasteiger partial charge in [0.1, 0.15) is 0 Å². The molecule has 4 nitrogen and oxygen atoms in total. The highest BCUT2D eigenvalue weighted by molar-refractivity contribution is 5.90. The van der Waals surface area contributed by atoms with Crippen LogP contribution in [0.15, 0.2) is 30.5 Å². The van der Waals surface area contributed by atoms with Gasteiger partial charge in [-0.25, -0.2) is 0 Å². The molecule has 1 aromatic heterocycles. The van der Waals surface area contributed by atoms with Gasteiger partial charge in [-0.05, 0) is 19.2 Å². The number of para-hydroxylation sites is 1. The van der Waals surface area contributed by atoms with E-state index in [2.05, 4.69) is 39.7 Å². The minimum Gasteiger partial charge on any atom is -0.397 e. The lowest BCUT2D eigenvalue weighted by Crippen LogP contribution is -2.45. The molecule has 0 unspecified atom stereocenters. The van der Waals surface area contributed by atoms with E-state index in [0.29, 0.717) is 0 Å². The molecule has 0 radical (unpaired) electrons. The van der Waals surface area contributed by atoms with Crippen LogP contribution >= 0.6 is 0 Å². The third-order valence-corrected chi connectivity index (χ3v) is 4.07. The molecule has 1 saturated heterocycles. The minimum atomic E-state index is 0.876. The molecule has 0 aliphatic carbocycles. The monoisotopic (exact) mass is 258 g/mol. The predicted octanol–water partition coefficient (Wildman–Crippen LogP) is 1.47. The van der Waals surface area contributed by atoms with Crippen LogP contribution in [0.3, 0.4) is 0 Å². The number of anilines is 1. The van der Waals surface area contributed by atoms with Crippen molar-refractivity contribution in [2.45, 2.75) is 6.54 Å². The van der Waals surface area contributed by atoms with Gasteiger partial charge in [0.15, 0.2) is 0 Å². The van der Waals surface area contributed by atoms with Crippen LogP contribution in [0.1, 0.15) is 0 Å². The number of nitrogens with zero attached hydrogens (tertiary/aromatic N) is 3. The Kier molecular flexibility index (Phi) is 3.44. The molecule has 19 heavy (non-hydrogen) atoms. The van der Waals surface area contributed by atoms with Gasteiger partial charge in [0.2, 0.25) is 0 Å². The average molecular weight is 258 g/mol. The van der Waals surface area contributed by atoms with Crippen molar-refractivity contribution >= 4 is 16.6 Å². The number of hydrogen-bond donors (Lipinski definition) is 1. The van der Waals surface area contributed by atoms with Gasteiger partial charge in [0, 0.05) is 50.9 Å². The van der Waals surface area contributed by atoms with Crippen molar-refractivity contribution in [3.63, 3.8) is 0 Å². The van der Waals surface area contributed by atoms with E-state index in [4.69, 9.17) is 5.73 Å². The molecule has 2 N–H and O–H groups in total. The van der Waals surface area contributed by atoms with Crippen molar-refractivity contribution in [2.24, 2.45) is 0 Å². The van der Waals surface area contributed by atoms with E-state index in [1.165, 1.54) is 37.1 Å². The van der Waals surface area contributed by atoms with E-state index in [-0.39, 0.29) is 0 Å². The van der Waals surface area contributed by atoms with Gasteiger partial charge < -0.3 is 15.2 Å². The number of fused-ring (bicyclic) bond motifs is 1. The molecule has 102 valence electrons. The summed E-state index contributed by atoms with van der Waals surface area (Å²) >= 11 is 0. The van der Waals surface area contributed by atoms with E-state index in [1.54, 1.807) is 0 Å². The van der Waals surface area contributed by atoms with Gasteiger partial charge in [-0.15, -0.1) is 0 Å². The fourth-order valence-electron chi connectivity index (χ4n) is 2.80. The van der Waals surface area contributed by atoms with Crippen molar-refractivity contribution in [3.8, 4) is 0 Å². The van der Waals surface area contributed by atoms with Crippen molar-refractivity contribution < 1.29 is 0 Å². The van der Waals surface area contributed by atoms with Crippen LogP contribution in [0.4, 0.5) is 5.69 Å². The zero-order valence-corrected chi connectivity index (χ0v) is 11.5. The molecule has 0 saturated carbocycles. The summed E-state index contributed by atoms with van der Waals surface area (Å²) in [4.78, 5) is 4.92. The van der Waals surface area contributed by atoms with E-state index in [1.807, 2.05) is 12.1 Å². The smallest absolute Gasteiger partial charge is 0.0714 e. The summed E-state index contributed by atoms with van der Waals surface area (Å²) in [5.41, 5.74) is 8.14. The second kappa shape index (κ2) is 5.23. The first kappa shape index (κ1) is 12.5. The summed E-state index contributed by atoms with van der Waals surface area (Å²) in [5.74, 6) is 0. The second-order valence-electron chi connectivity index (χ2n) is 5.44. The van der Waals surface area contributed by atoms with Crippen molar-refractivity contribution in [3.05, 3.63) is 30.5 Å². The Labute approximate surface area is 114 Å². The van der Waals surface area contributed by atoms with Crippen LogP contribution in [-0.2, 0) is 6.54 Å². The van der Waals surface area contributed by atoms with Crippen LogP contribution in [0.2, 0.25) is 0 Å². The van der Waals surface area contributed by atoms with Gasteiger partial charge in [-0.1, -0.05) is 12.1 Å². The van der Waals surface area contributed by atoms with Crippen LogP contribution in [0, 0.1) is 0 Å². The fourth-order valence-corrected chi connectivity index (χ4v) is 2.80. The number of nitrogens with two attached hydrogens (primary N) is 1. The van der Waals surface area contributed by atoms with Crippen LogP contribution in [0.5, 0.6) is 0 Å². The summed E-state index contributed by atoms with van der Waals surface area (Å²) in [6, 6.07) is 8.27. The Morgan fingerprint density at radius 2 is 1.84 bits per heavy atom. The zero-order chi connectivity index (χ0) is 13.2. The van der Waals surface area contributed by atoms with Crippen LogP contribution in [0.25, 0.3) is 10.9 Å². The Balaban J connectivity index is 1.69. The lowest BCUT2D eigenvalue weighted by molar-refractivity contribution is 0.150. The highest BCUT2D eigenvalue weighted by atomic mass is 15.2. The number of piperazine rings is 1. The third kappa shape index (κ3) is 2.60. The first-order valence-corrected chi connectivity index (χ1v) is 6.98. The van der Waals surface area contributed by atoms with Crippen molar-refractivity contribution in [2.75, 3.05) is 45.5 Å². The number of hydrogen-bond acceptors (Lipinski definition) is 3. The number of likely N-dealkylation sites (N-methyl/N-ethyl adjacent to an activating group) is 1. The Morgan fingerprint density at radius 1 is 1.05 bits per heavy atom. The summed E-state index contributed by atoms with van der Waals surface area (Å²) in [6.45, 7) is 6.81. The van der Waals surface area contributed by atoms with Gasteiger partial charge in [0.25, 0.3) is 0 Å². The maximum atomic E-state index is 6.09. The molecule has 3 rings (SSSR count). The largest absolute Gasteiger partial charge is 0.397 e. The van der Waals surface area contributed by atoms with Gasteiger partial charge in [-0.2, -0.15) is 0 Å². The first-order chi connectivity index (χ1) is 9.24. The van der Waals surface area contributed by atoms with Crippen LogP contribution in [-0.4, -0.2) is 54.1 Å². The van der Waals surface area contributed by atoms with Crippen LogP contribution < -0.4 is 5.73 Å². The number of benzene rings is 1. The van der Waals surface area contributed by atoms with Gasteiger partial charge >= 0.3 is 0 Å². The van der Waals surface area contributed by atoms with E-state index in [9.17, 15) is 0 Å². The van der Waals surface area contributed by atoms with Crippen molar-refractivity contribution in [1.82, 2.24) is 14.4 Å². The van der Waals surface area contributed by atoms with Crippen molar-refractivity contribution in [1.29, 1.82) is 0 Å². The summed E-state index contributed by atoms with van der Waals surface area (Å²) in [7, 11) is 2.19. The summed E-state index contributed by atoms with van der Waals surface area (Å²) in [5, 5.41) is 1.23. The third-order valence-electron chi connectivity index (χ3n) is 4.07. The molecule has 0 atom stereocenters. The molecule has 1 aromatic carbocycles. The lowest BCUT2D eigenvalue weighted by Gasteiger charge is -2.32. The maximum Gasteiger partial charge on any atom is 0.0714 e. The molecular formula is C15H22N4. The summed E-state index contributed by atoms with van der Waals surface area (Å²) in [6.07, 6.45) is 2.15. The molecule has 0 spiro atoms. The van der Waals surface area contributed by atoms with Gasteiger partial charge in [-0.3, -0.25) is 4.90 Å². The molecule has 4 heteroatoms. The summed E-state index contributed by atoms with van der Waals surface area (Å²) < 4.78 is 2.28. The lowest BCUT2D eigenvalue weighted by atomic mass is 10.2. The molecule has 1 aliphatic rings. The van der Waals surface area contributed by atoms with E-state index in [0.717, 1.165) is 18.8 Å². The molecule has 2 heterocycles. The van der Waals surface area contributed by atoms with E-state index >= 15 is 0 Å². The minimum absolute atomic E-state index is 0.876. The Bertz CT molecular complexity index is 552. The topological polar surface area (TPSA) is 37.4 Å². The SMILES string of the molecule is CN1CCN(CCn2ccc3cccc(N)c32)CC1. The number of rotatable bonds is 3. The maximum absolute atomic E-state index is 6.09. The fraction of sp³-hybridized carbons (Fsp3) is 0.467. The highest BCUT2D eigenvalue weighted by Gasteiger charge is 2.13. The normalized spacial score (nSPS) is 18.2. The molecule has 1 fully saturated rings. The standard InChI is InChI=1S/C15H22N4/c1-17-7-9-18(10-8-17)11-12-19-6-5-13-3-2-4-14(16)15(13)19/h2-6H,7-12,16H2,1H3. The van der Waals surface area contributed by atoms with Gasteiger partial charge in [0.05, 0.1) is 11.2 Å². The highest BCUT2D eigenvalue weighted by Crippen LogP contribution is 2.21. The zero-order valence-electron chi connectivity index (χ0n) is 11.5. The molecule has 1 aliphatic heterocycles. The average Bonchev–Trinajstić information content (AvgIpc) is 2.83. The molecule has 0 bridgehead atoms. The Morgan fingerprint density at radius 3 is 2.63 bits per heavy atom. The quantitative estimate of drug-likeness (QED) is 0.847. The molecular weight excluding hydrogens is 236 g/mol. The second-order valence-corrected chi connectivity index (χ2v) is 5.44. The number of aromatic nitrogens is 1. The molecule has 2 aromatic rings. The molecule has 0 amide bonds.